The van der Waals surface area contributed by atoms with Crippen molar-refractivity contribution in [3.05, 3.63) is 65.5 Å². The number of hydrogen-bond donors (Lipinski definition) is 1. The van der Waals surface area contributed by atoms with Crippen molar-refractivity contribution in [2.45, 2.75) is 12.5 Å². The van der Waals surface area contributed by atoms with E-state index < -0.39 is 5.54 Å². The van der Waals surface area contributed by atoms with Crippen LogP contribution in [0.1, 0.15) is 16.7 Å². The highest BCUT2D eigenvalue weighted by molar-refractivity contribution is 6.10. The second kappa shape index (κ2) is 6.98. The molecule has 2 aromatic carbocycles. The Balaban J connectivity index is 1.78. The molecule has 0 bridgehead atoms. The van der Waals surface area contributed by atoms with Gasteiger partial charge in [0.1, 0.15) is 23.0 Å². The monoisotopic (exact) mass is 430 g/mol. The van der Waals surface area contributed by atoms with Gasteiger partial charge in [0.15, 0.2) is 5.96 Å². The Labute approximate surface area is 185 Å². The largest absolute Gasteiger partial charge is 0.496 e. The van der Waals surface area contributed by atoms with Gasteiger partial charge in [0, 0.05) is 35.5 Å². The van der Waals surface area contributed by atoms with Crippen LogP contribution in [0.2, 0.25) is 0 Å². The molecule has 1 amide bonds. The molecule has 2 aliphatic rings. The fourth-order valence-electron chi connectivity index (χ4n) is 4.33. The molecule has 2 aliphatic heterocycles. The van der Waals surface area contributed by atoms with Gasteiger partial charge in [0.25, 0.3) is 5.91 Å². The van der Waals surface area contributed by atoms with E-state index in [1.807, 2.05) is 43.3 Å². The molecule has 0 saturated carbocycles. The maximum atomic E-state index is 13.6. The first-order valence-electron chi connectivity index (χ1n) is 10.0. The lowest BCUT2D eigenvalue weighted by atomic mass is 9.78. The number of benzene rings is 2. The minimum atomic E-state index is -1.35. The molecule has 1 unspecified atom stereocenters. The number of nitrogens with zero attached hydrogens (tertiary/aromatic N) is 3. The van der Waals surface area contributed by atoms with Gasteiger partial charge < -0.3 is 19.9 Å². The highest BCUT2D eigenvalue weighted by atomic mass is 16.5. The summed E-state index contributed by atoms with van der Waals surface area (Å²) in [6.45, 7) is 1.89. The molecule has 1 spiro atoms. The van der Waals surface area contributed by atoms with Crippen LogP contribution < -0.4 is 19.9 Å². The van der Waals surface area contributed by atoms with Gasteiger partial charge in [-0.2, -0.15) is 0 Å². The Morgan fingerprint density at radius 3 is 2.53 bits per heavy atom. The van der Waals surface area contributed by atoms with E-state index in [1.165, 1.54) is 4.90 Å². The maximum Gasteiger partial charge on any atom is 0.266 e. The zero-order chi connectivity index (χ0) is 22.6. The van der Waals surface area contributed by atoms with Crippen molar-refractivity contribution in [1.82, 2.24) is 9.88 Å². The van der Waals surface area contributed by atoms with Gasteiger partial charge in [-0.3, -0.25) is 14.7 Å². The van der Waals surface area contributed by atoms with Crippen molar-refractivity contribution in [3.63, 3.8) is 0 Å². The van der Waals surface area contributed by atoms with E-state index in [0.717, 1.165) is 16.7 Å². The number of pyridine rings is 1. The van der Waals surface area contributed by atoms with Crippen molar-refractivity contribution in [2.24, 2.45) is 10.7 Å². The second-order valence-electron chi connectivity index (χ2n) is 7.74. The van der Waals surface area contributed by atoms with Crippen LogP contribution in [-0.2, 0) is 10.3 Å². The minimum absolute atomic E-state index is 0.149. The van der Waals surface area contributed by atoms with Gasteiger partial charge in [-0.1, -0.05) is 6.07 Å². The summed E-state index contributed by atoms with van der Waals surface area (Å²) >= 11 is 0. The third-order valence-corrected chi connectivity index (χ3v) is 6.07. The number of guanidine groups is 1. The summed E-state index contributed by atoms with van der Waals surface area (Å²) in [5.74, 6) is 2.29. The highest BCUT2D eigenvalue weighted by Gasteiger charge is 2.55. The van der Waals surface area contributed by atoms with E-state index in [-0.39, 0.29) is 11.9 Å². The molecule has 1 atom stereocenters. The number of carbonyl (C=O) groups excluding carboxylic acids is 1. The summed E-state index contributed by atoms with van der Waals surface area (Å²) in [6.07, 6.45) is 3.38. The van der Waals surface area contributed by atoms with Gasteiger partial charge in [-0.15, -0.1) is 0 Å². The number of aromatic nitrogens is 1. The number of ether oxygens (including phenoxy) is 3. The Kier molecular flexibility index (Phi) is 4.33. The lowest BCUT2D eigenvalue weighted by molar-refractivity contribution is -0.129. The van der Waals surface area contributed by atoms with E-state index in [2.05, 4.69) is 4.98 Å². The normalized spacial score (nSPS) is 18.7. The molecule has 0 radical (unpaired) electrons. The van der Waals surface area contributed by atoms with Crippen LogP contribution in [0.3, 0.4) is 0 Å². The molecule has 5 rings (SSSR count). The van der Waals surface area contributed by atoms with Crippen LogP contribution in [0.15, 0.2) is 53.8 Å². The fourth-order valence-corrected chi connectivity index (χ4v) is 4.33. The summed E-state index contributed by atoms with van der Waals surface area (Å²) in [5, 5.41) is 0. The number of likely N-dealkylation sites (N-methyl/N-ethyl adjacent to an activating group) is 1. The Morgan fingerprint density at radius 1 is 1.03 bits per heavy atom. The topological polar surface area (TPSA) is 99.3 Å². The molecular formula is C24H22N4O4. The van der Waals surface area contributed by atoms with E-state index >= 15 is 0 Å². The molecule has 3 aromatic rings. The smallest absolute Gasteiger partial charge is 0.266 e. The Morgan fingerprint density at radius 2 is 1.84 bits per heavy atom. The first-order valence-corrected chi connectivity index (χ1v) is 10.0. The zero-order valence-electron chi connectivity index (χ0n) is 18.2. The average Bonchev–Trinajstić information content (AvgIpc) is 3.04. The Hall–Kier alpha value is -4.07. The number of carbonyl (C=O) groups is 1. The third-order valence-electron chi connectivity index (χ3n) is 6.07. The first kappa shape index (κ1) is 19.9. The molecule has 0 fully saturated rings. The molecule has 162 valence electrons. The summed E-state index contributed by atoms with van der Waals surface area (Å²) < 4.78 is 17.1. The van der Waals surface area contributed by atoms with Crippen LogP contribution >= 0.6 is 0 Å². The van der Waals surface area contributed by atoms with Crippen LogP contribution in [0.4, 0.5) is 0 Å². The van der Waals surface area contributed by atoms with Gasteiger partial charge in [0.05, 0.1) is 20.4 Å². The lowest BCUT2D eigenvalue weighted by Crippen LogP contribution is -2.42. The molecule has 32 heavy (non-hydrogen) atoms. The van der Waals surface area contributed by atoms with E-state index in [9.17, 15) is 4.79 Å². The van der Waals surface area contributed by atoms with E-state index in [4.69, 9.17) is 24.9 Å². The molecule has 3 heterocycles. The number of aliphatic imine (C=N–C) groups is 1. The lowest BCUT2D eigenvalue weighted by Gasteiger charge is -2.34. The molecule has 8 heteroatoms. The SMILES string of the molecule is COc1cncc(-c2ccc3c(c2)C2(N=C(N)N(C)C2=O)c2ccc(OC)c(C)c2O3)c1. The van der Waals surface area contributed by atoms with Crippen molar-refractivity contribution in [2.75, 3.05) is 21.3 Å². The van der Waals surface area contributed by atoms with Gasteiger partial charge >= 0.3 is 0 Å². The highest BCUT2D eigenvalue weighted by Crippen LogP contribution is 2.54. The molecule has 2 N–H and O–H groups in total. The standard InChI is InChI=1S/C24H22N4O4/c1-13-19(31-4)8-6-17-21(13)32-20-7-5-14(15-9-16(30-3)12-26-11-15)10-18(20)24(17)22(29)28(2)23(25)27-24/h5-12H,1-4H3,(H2,25,27). The predicted molar refractivity (Wildman–Crippen MR) is 119 cm³/mol. The molecule has 0 aliphatic carbocycles. The summed E-state index contributed by atoms with van der Waals surface area (Å²) in [7, 11) is 4.81. The quantitative estimate of drug-likeness (QED) is 0.685. The number of nitrogens with two attached hydrogens (primary N) is 1. The zero-order valence-corrected chi connectivity index (χ0v) is 18.2. The number of amides is 1. The average molecular weight is 430 g/mol. The fraction of sp³-hybridized carbons (Fsp3) is 0.208. The van der Waals surface area contributed by atoms with Crippen molar-refractivity contribution in [1.29, 1.82) is 0 Å². The molecule has 0 saturated heterocycles. The number of fused-ring (bicyclic) bond motifs is 4. The molecule has 8 nitrogen and oxygen atoms in total. The first-order chi connectivity index (χ1) is 15.4. The number of methoxy groups -OCH3 is 2. The number of hydrogen-bond acceptors (Lipinski definition) is 7. The number of rotatable bonds is 3. The molecule has 1 aromatic heterocycles. The predicted octanol–water partition coefficient (Wildman–Crippen LogP) is 3.21. The summed E-state index contributed by atoms with van der Waals surface area (Å²) in [5.41, 5.74) is 8.51. The summed E-state index contributed by atoms with van der Waals surface area (Å²) in [6, 6.07) is 11.2. The van der Waals surface area contributed by atoms with Crippen LogP contribution in [0.25, 0.3) is 11.1 Å². The van der Waals surface area contributed by atoms with Gasteiger partial charge in [-0.25, -0.2) is 4.99 Å². The van der Waals surface area contributed by atoms with Gasteiger partial charge in [0.2, 0.25) is 5.54 Å². The minimum Gasteiger partial charge on any atom is -0.496 e. The van der Waals surface area contributed by atoms with E-state index in [0.29, 0.717) is 34.1 Å². The van der Waals surface area contributed by atoms with Crippen LogP contribution in [0.5, 0.6) is 23.0 Å². The third kappa shape index (κ3) is 2.59. The summed E-state index contributed by atoms with van der Waals surface area (Å²) in [4.78, 5) is 24.0. The van der Waals surface area contributed by atoms with Crippen molar-refractivity contribution < 1.29 is 19.0 Å². The molecular weight excluding hydrogens is 408 g/mol. The van der Waals surface area contributed by atoms with E-state index in [1.54, 1.807) is 33.7 Å². The second-order valence-corrected chi connectivity index (χ2v) is 7.74. The Bertz CT molecular complexity index is 1300. The van der Waals surface area contributed by atoms with Gasteiger partial charge in [-0.05, 0) is 42.8 Å². The van der Waals surface area contributed by atoms with Crippen molar-refractivity contribution >= 4 is 11.9 Å². The van der Waals surface area contributed by atoms with Crippen LogP contribution in [-0.4, -0.2) is 43.0 Å². The maximum absolute atomic E-state index is 13.6. The van der Waals surface area contributed by atoms with Crippen LogP contribution in [0, 0.1) is 6.92 Å². The van der Waals surface area contributed by atoms with Crippen molar-refractivity contribution in [3.8, 4) is 34.1 Å².